The minimum absolute atomic E-state index is 0.237. The predicted molar refractivity (Wildman–Crippen MR) is 126 cm³/mol. The molecule has 0 bridgehead atoms. The standard InChI is InChI=1S/C24H32FN5O3/c1-3-13-33-24(32)30-11-9-29(10-12-30)8-4-5-19-14-20(25)16-22(15-19)28-23(31)27-21-7-6-18(2)26-17-21/h6-7,14-17H,3-5,8-13H2,1-2H3,(H2,27,28,31). The van der Waals surface area contributed by atoms with Gasteiger partial charge < -0.3 is 20.3 Å². The van der Waals surface area contributed by atoms with E-state index in [1.807, 2.05) is 13.8 Å². The van der Waals surface area contributed by atoms with Crippen molar-refractivity contribution in [1.29, 1.82) is 0 Å². The lowest BCUT2D eigenvalue weighted by Gasteiger charge is -2.34. The number of nitrogens with one attached hydrogen (secondary N) is 2. The quantitative estimate of drug-likeness (QED) is 0.618. The molecule has 0 saturated carbocycles. The van der Waals surface area contributed by atoms with Crippen LogP contribution in [0.25, 0.3) is 0 Å². The summed E-state index contributed by atoms with van der Waals surface area (Å²) >= 11 is 0. The number of carbonyl (C=O) groups is 2. The van der Waals surface area contributed by atoms with Gasteiger partial charge in [-0.15, -0.1) is 0 Å². The number of rotatable bonds is 8. The molecule has 3 rings (SSSR count). The van der Waals surface area contributed by atoms with Gasteiger partial charge in [-0.3, -0.25) is 9.88 Å². The number of pyridine rings is 1. The van der Waals surface area contributed by atoms with Crippen molar-refractivity contribution in [2.24, 2.45) is 0 Å². The van der Waals surface area contributed by atoms with Crippen LogP contribution in [-0.4, -0.2) is 66.2 Å². The highest BCUT2D eigenvalue weighted by molar-refractivity contribution is 5.99. The number of amides is 3. The Morgan fingerprint density at radius 2 is 1.85 bits per heavy atom. The van der Waals surface area contributed by atoms with Crippen LogP contribution in [0.3, 0.4) is 0 Å². The minimum Gasteiger partial charge on any atom is -0.449 e. The topological polar surface area (TPSA) is 86.8 Å². The second kappa shape index (κ2) is 12.2. The first-order valence-corrected chi connectivity index (χ1v) is 11.4. The van der Waals surface area contributed by atoms with E-state index in [0.717, 1.165) is 43.7 Å². The number of piperazine rings is 1. The van der Waals surface area contributed by atoms with Crippen LogP contribution in [-0.2, 0) is 11.2 Å². The van der Waals surface area contributed by atoms with E-state index in [-0.39, 0.29) is 11.9 Å². The molecule has 1 aliphatic rings. The van der Waals surface area contributed by atoms with Gasteiger partial charge in [0.2, 0.25) is 0 Å². The highest BCUT2D eigenvalue weighted by atomic mass is 19.1. The first-order valence-electron chi connectivity index (χ1n) is 11.4. The molecule has 178 valence electrons. The molecular formula is C24H32FN5O3. The smallest absolute Gasteiger partial charge is 0.409 e. The summed E-state index contributed by atoms with van der Waals surface area (Å²) in [6.07, 6.45) is 3.69. The predicted octanol–water partition coefficient (Wildman–Crippen LogP) is 4.27. The van der Waals surface area contributed by atoms with Crippen molar-refractivity contribution in [3.05, 3.63) is 53.6 Å². The molecule has 1 aromatic carbocycles. The molecule has 2 N–H and O–H groups in total. The molecule has 2 heterocycles. The molecule has 0 atom stereocenters. The maximum Gasteiger partial charge on any atom is 0.409 e. The van der Waals surface area contributed by atoms with Crippen LogP contribution >= 0.6 is 0 Å². The Balaban J connectivity index is 1.43. The molecule has 2 aromatic rings. The number of hydrogen-bond acceptors (Lipinski definition) is 5. The van der Waals surface area contributed by atoms with Crippen molar-refractivity contribution >= 4 is 23.5 Å². The van der Waals surface area contributed by atoms with Gasteiger partial charge in [-0.05, 0) is 68.6 Å². The van der Waals surface area contributed by atoms with Gasteiger partial charge in [-0.25, -0.2) is 14.0 Å². The van der Waals surface area contributed by atoms with Crippen molar-refractivity contribution in [3.8, 4) is 0 Å². The number of aromatic nitrogens is 1. The van der Waals surface area contributed by atoms with Crippen LogP contribution in [0.15, 0.2) is 36.5 Å². The lowest BCUT2D eigenvalue weighted by molar-refractivity contribution is 0.0761. The third-order valence-corrected chi connectivity index (χ3v) is 5.38. The molecule has 1 aliphatic heterocycles. The number of benzene rings is 1. The number of hydrogen-bond donors (Lipinski definition) is 2. The van der Waals surface area contributed by atoms with E-state index in [0.29, 0.717) is 37.5 Å². The number of anilines is 2. The average molecular weight is 458 g/mol. The van der Waals surface area contributed by atoms with E-state index >= 15 is 0 Å². The zero-order valence-electron chi connectivity index (χ0n) is 19.3. The molecule has 0 radical (unpaired) electrons. The molecule has 33 heavy (non-hydrogen) atoms. The number of aryl methyl sites for hydroxylation is 2. The van der Waals surface area contributed by atoms with Crippen molar-refractivity contribution in [2.75, 3.05) is 50.0 Å². The van der Waals surface area contributed by atoms with Crippen molar-refractivity contribution in [3.63, 3.8) is 0 Å². The Kier molecular flexibility index (Phi) is 9.00. The number of ether oxygens (including phenoxy) is 1. The van der Waals surface area contributed by atoms with Gasteiger partial charge in [0.1, 0.15) is 5.82 Å². The third-order valence-electron chi connectivity index (χ3n) is 5.38. The van der Waals surface area contributed by atoms with Gasteiger partial charge >= 0.3 is 12.1 Å². The Bertz CT molecular complexity index is 930. The van der Waals surface area contributed by atoms with Gasteiger partial charge in [0.05, 0.1) is 18.5 Å². The summed E-state index contributed by atoms with van der Waals surface area (Å²) in [5.41, 5.74) is 2.64. The van der Waals surface area contributed by atoms with Gasteiger partial charge in [-0.1, -0.05) is 6.92 Å². The third kappa shape index (κ3) is 8.02. The summed E-state index contributed by atoms with van der Waals surface area (Å²) in [5.74, 6) is -0.390. The molecule has 0 aliphatic carbocycles. The minimum atomic E-state index is -0.451. The second-order valence-electron chi connectivity index (χ2n) is 8.16. The Morgan fingerprint density at radius 3 is 2.55 bits per heavy atom. The van der Waals surface area contributed by atoms with Crippen molar-refractivity contribution < 1.29 is 18.7 Å². The molecule has 1 aromatic heterocycles. The second-order valence-corrected chi connectivity index (χ2v) is 8.16. The van der Waals surface area contributed by atoms with Gasteiger partial charge in [0, 0.05) is 37.6 Å². The lowest BCUT2D eigenvalue weighted by atomic mass is 10.1. The maximum atomic E-state index is 14.1. The molecule has 3 amide bonds. The summed E-state index contributed by atoms with van der Waals surface area (Å²) in [5, 5.41) is 5.37. The molecule has 0 unspecified atom stereocenters. The molecule has 8 nitrogen and oxygen atoms in total. The first kappa shape index (κ1) is 24.4. The van der Waals surface area contributed by atoms with Crippen LogP contribution in [0.5, 0.6) is 0 Å². The fourth-order valence-electron chi connectivity index (χ4n) is 3.64. The summed E-state index contributed by atoms with van der Waals surface area (Å²) in [6.45, 7) is 8.05. The first-order chi connectivity index (χ1) is 15.9. The lowest BCUT2D eigenvalue weighted by Crippen LogP contribution is -2.49. The molecule has 9 heteroatoms. The number of halogens is 1. The van der Waals surface area contributed by atoms with E-state index in [4.69, 9.17) is 4.74 Å². The average Bonchev–Trinajstić information content (AvgIpc) is 2.79. The SMILES string of the molecule is CCCOC(=O)N1CCN(CCCc2cc(F)cc(NC(=O)Nc3ccc(C)nc3)c2)CC1. The Hall–Kier alpha value is -3.20. The van der Waals surface area contributed by atoms with Gasteiger partial charge in [0.25, 0.3) is 0 Å². The normalized spacial score (nSPS) is 14.1. The zero-order chi connectivity index (χ0) is 23.6. The van der Waals surface area contributed by atoms with Crippen LogP contribution in [0, 0.1) is 12.7 Å². The van der Waals surface area contributed by atoms with Gasteiger partial charge in [0.15, 0.2) is 0 Å². The van der Waals surface area contributed by atoms with Gasteiger partial charge in [-0.2, -0.15) is 0 Å². The fourth-order valence-corrected chi connectivity index (χ4v) is 3.64. The van der Waals surface area contributed by atoms with Crippen molar-refractivity contribution in [2.45, 2.75) is 33.1 Å². The van der Waals surface area contributed by atoms with Crippen LogP contribution in [0.1, 0.15) is 31.0 Å². The zero-order valence-corrected chi connectivity index (χ0v) is 19.3. The summed E-state index contributed by atoms with van der Waals surface area (Å²) in [7, 11) is 0. The number of nitrogens with zero attached hydrogens (tertiary/aromatic N) is 3. The maximum absolute atomic E-state index is 14.1. The summed E-state index contributed by atoms with van der Waals surface area (Å²) in [6, 6.07) is 7.69. The Labute approximate surface area is 194 Å². The molecular weight excluding hydrogens is 425 g/mol. The van der Waals surface area contributed by atoms with Crippen molar-refractivity contribution in [1.82, 2.24) is 14.8 Å². The summed E-state index contributed by atoms with van der Waals surface area (Å²) in [4.78, 5) is 32.3. The molecule has 1 fully saturated rings. The fraction of sp³-hybridized carbons (Fsp3) is 0.458. The highest BCUT2D eigenvalue weighted by Gasteiger charge is 2.21. The molecule has 1 saturated heterocycles. The van der Waals surface area contributed by atoms with E-state index in [2.05, 4.69) is 20.5 Å². The van der Waals surface area contributed by atoms with Crippen LogP contribution in [0.2, 0.25) is 0 Å². The van der Waals surface area contributed by atoms with E-state index in [1.54, 1.807) is 29.3 Å². The number of carbonyl (C=O) groups excluding carboxylic acids is 2. The Morgan fingerprint density at radius 1 is 1.09 bits per heavy atom. The highest BCUT2D eigenvalue weighted by Crippen LogP contribution is 2.17. The molecule has 0 spiro atoms. The summed E-state index contributed by atoms with van der Waals surface area (Å²) < 4.78 is 19.3. The monoisotopic (exact) mass is 457 g/mol. The van der Waals surface area contributed by atoms with Crippen LogP contribution < -0.4 is 10.6 Å². The van der Waals surface area contributed by atoms with E-state index < -0.39 is 6.03 Å². The largest absolute Gasteiger partial charge is 0.449 e. The van der Waals surface area contributed by atoms with Crippen LogP contribution in [0.4, 0.5) is 25.4 Å². The number of urea groups is 1. The van der Waals surface area contributed by atoms with E-state index in [1.165, 1.54) is 12.1 Å². The van der Waals surface area contributed by atoms with E-state index in [9.17, 15) is 14.0 Å².